The minimum Gasteiger partial charge on any atom is -0.332 e. The first-order valence-electron chi connectivity index (χ1n) is 6.63. The molecule has 0 aliphatic rings. The third kappa shape index (κ3) is 5.63. The molecule has 0 atom stereocenters. The molecule has 0 unspecified atom stereocenters. The van der Waals surface area contributed by atoms with Crippen LogP contribution in [-0.2, 0) is 9.59 Å². The van der Waals surface area contributed by atoms with Gasteiger partial charge in [-0.05, 0) is 26.2 Å². The van der Waals surface area contributed by atoms with Crippen molar-refractivity contribution >= 4 is 17.5 Å². The Hall–Kier alpha value is -2.39. The number of nitrogens with zero attached hydrogens (tertiary/aromatic N) is 3. The molecule has 0 heterocycles. The second kappa shape index (κ2) is 8.02. The average molecular weight is 288 g/mol. The Kier molecular flexibility index (Phi) is 6.37. The quantitative estimate of drug-likeness (QED) is 0.844. The summed E-state index contributed by atoms with van der Waals surface area (Å²) >= 11 is 0. The number of hydrogen-bond donors (Lipinski definition) is 1. The van der Waals surface area contributed by atoms with Gasteiger partial charge in [-0.15, -0.1) is 0 Å². The van der Waals surface area contributed by atoms with Gasteiger partial charge in [0, 0.05) is 20.0 Å². The highest BCUT2D eigenvalue weighted by Crippen LogP contribution is 2.13. The zero-order valence-corrected chi connectivity index (χ0v) is 12.6. The Morgan fingerprint density at radius 1 is 1.24 bits per heavy atom. The highest BCUT2D eigenvalue weighted by molar-refractivity contribution is 5.95. The number of nitrogens with one attached hydrogen (secondary N) is 1. The molecule has 6 heteroatoms. The molecule has 0 bridgehead atoms. The second-order valence-corrected chi connectivity index (χ2v) is 4.95. The number of likely N-dealkylation sites (N-methyl/N-ethyl adjacent to an activating group) is 1. The lowest BCUT2D eigenvalue weighted by Gasteiger charge is -2.22. The molecule has 21 heavy (non-hydrogen) atoms. The summed E-state index contributed by atoms with van der Waals surface area (Å²) in [5.41, 5.74) is 0.856. The Morgan fingerprint density at radius 2 is 1.90 bits per heavy atom. The van der Waals surface area contributed by atoms with Crippen molar-refractivity contribution in [2.24, 2.45) is 0 Å². The van der Waals surface area contributed by atoms with Gasteiger partial charge in [-0.25, -0.2) is 0 Å². The Bertz CT molecular complexity index is 549. The minimum absolute atomic E-state index is 0.0249. The fraction of sp³-hybridized carbons (Fsp3) is 0.400. The van der Waals surface area contributed by atoms with Crippen LogP contribution >= 0.6 is 0 Å². The zero-order valence-electron chi connectivity index (χ0n) is 12.6. The number of rotatable bonds is 6. The fourth-order valence-corrected chi connectivity index (χ4v) is 1.72. The summed E-state index contributed by atoms with van der Waals surface area (Å²) in [6.07, 6.45) is 0. The molecule has 2 amide bonds. The van der Waals surface area contributed by atoms with E-state index in [1.165, 1.54) is 11.8 Å². The molecule has 6 nitrogen and oxygen atoms in total. The first-order chi connectivity index (χ1) is 9.93. The van der Waals surface area contributed by atoms with Crippen LogP contribution in [-0.4, -0.2) is 55.3 Å². The summed E-state index contributed by atoms with van der Waals surface area (Å²) < 4.78 is 0. The highest BCUT2D eigenvalue weighted by Gasteiger charge is 2.14. The van der Waals surface area contributed by atoms with Crippen LogP contribution in [0.4, 0.5) is 5.69 Å². The molecule has 0 saturated heterocycles. The van der Waals surface area contributed by atoms with Crippen LogP contribution in [0.25, 0.3) is 0 Å². The topological polar surface area (TPSA) is 76.4 Å². The van der Waals surface area contributed by atoms with Gasteiger partial charge in [0.2, 0.25) is 11.8 Å². The number of hydrogen-bond acceptors (Lipinski definition) is 4. The Morgan fingerprint density at radius 3 is 2.48 bits per heavy atom. The van der Waals surface area contributed by atoms with Gasteiger partial charge in [-0.1, -0.05) is 12.1 Å². The van der Waals surface area contributed by atoms with Gasteiger partial charge in [0.15, 0.2) is 0 Å². The van der Waals surface area contributed by atoms with E-state index in [-0.39, 0.29) is 18.4 Å². The van der Waals surface area contributed by atoms with Crippen molar-refractivity contribution in [3.63, 3.8) is 0 Å². The van der Waals surface area contributed by atoms with E-state index in [4.69, 9.17) is 5.26 Å². The van der Waals surface area contributed by atoms with E-state index in [1.54, 1.807) is 24.3 Å². The van der Waals surface area contributed by atoms with E-state index < -0.39 is 0 Å². The second-order valence-electron chi connectivity index (χ2n) is 4.95. The molecule has 1 aromatic carbocycles. The van der Waals surface area contributed by atoms with E-state index in [9.17, 15) is 9.59 Å². The smallest absolute Gasteiger partial charge is 0.244 e. The van der Waals surface area contributed by atoms with Gasteiger partial charge in [0.25, 0.3) is 0 Å². The highest BCUT2D eigenvalue weighted by atomic mass is 16.2. The van der Waals surface area contributed by atoms with Crippen molar-refractivity contribution in [3.05, 3.63) is 29.8 Å². The van der Waals surface area contributed by atoms with Crippen molar-refractivity contribution in [1.82, 2.24) is 9.80 Å². The monoisotopic (exact) mass is 288 g/mol. The van der Waals surface area contributed by atoms with Crippen molar-refractivity contribution in [1.29, 1.82) is 5.26 Å². The molecular weight excluding hydrogens is 268 g/mol. The Balaban J connectivity index is 2.66. The number of nitriles is 1. The average Bonchev–Trinajstić information content (AvgIpc) is 2.43. The van der Waals surface area contributed by atoms with Gasteiger partial charge >= 0.3 is 0 Å². The fourth-order valence-electron chi connectivity index (χ4n) is 1.72. The number of amides is 2. The Labute approximate surface area is 125 Å². The van der Waals surface area contributed by atoms with Crippen molar-refractivity contribution in [2.45, 2.75) is 6.92 Å². The van der Waals surface area contributed by atoms with Crippen LogP contribution in [0.1, 0.15) is 12.5 Å². The number of benzene rings is 1. The molecule has 0 fully saturated rings. The third-order valence-corrected chi connectivity index (χ3v) is 2.92. The van der Waals surface area contributed by atoms with E-state index in [1.807, 2.05) is 25.1 Å². The lowest BCUT2D eigenvalue weighted by Crippen LogP contribution is -2.40. The van der Waals surface area contributed by atoms with Crippen molar-refractivity contribution in [2.75, 3.05) is 39.0 Å². The molecule has 0 aromatic heterocycles. The molecule has 0 aliphatic heterocycles. The molecule has 0 saturated carbocycles. The molecule has 0 aliphatic carbocycles. The number of anilines is 1. The molecule has 1 N–H and O–H groups in total. The molecule has 0 spiro atoms. The largest absolute Gasteiger partial charge is 0.332 e. The molecule has 0 radical (unpaired) electrons. The molecular formula is C15H20N4O2. The molecule has 1 aromatic rings. The summed E-state index contributed by atoms with van der Waals surface area (Å²) in [6, 6.07) is 8.78. The van der Waals surface area contributed by atoms with Gasteiger partial charge in [-0.2, -0.15) is 5.26 Å². The van der Waals surface area contributed by atoms with Crippen LogP contribution in [0.15, 0.2) is 24.3 Å². The van der Waals surface area contributed by atoms with Gasteiger partial charge in [0.05, 0.1) is 17.8 Å². The van der Waals surface area contributed by atoms with Crippen LogP contribution in [0.3, 0.4) is 0 Å². The lowest BCUT2D eigenvalue weighted by atomic mass is 10.2. The predicted molar refractivity (Wildman–Crippen MR) is 80.6 cm³/mol. The normalized spacial score (nSPS) is 10.0. The van der Waals surface area contributed by atoms with Crippen LogP contribution in [0.2, 0.25) is 0 Å². The van der Waals surface area contributed by atoms with Gasteiger partial charge in [-0.3, -0.25) is 9.59 Å². The lowest BCUT2D eigenvalue weighted by molar-refractivity contribution is -0.132. The summed E-state index contributed by atoms with van der Waals surface area (Å²) in [7, 11) is 3.81. The summed E-state index contributed by atoms with van der Waals surface area (Å²) in [5.74, 6) is -0.466. The maximum Gasteiger partial charge on any atom is 0.244 e. The van der Waals surface area contributed by atoms with Crippen molar-refractivity contribution in [3.8, 4) is 6.07 Å². The zero-order chi connectivity index (χ0) is 15.8. The standard InChI is InChI=1S/C15H20N4O2/c1-12(20)19(9-8-18(2)3)11-15(21)17-14-7-5-4-6-13(14)10-16/h4-7H,8-9,11H2,1-3H3,(H,17,21). The first kappa shape index (κ1) is 16.7. The number of carbonyl (C=O) groups is 2. The molecule has 1 rings (SSSR count). The summed E-state index contributed by atoms with van der Waals surface area (Å²) in [6.45, 7) is 2.58. The predicted octanol–water partition coefficient (Wildman–Crippen LogP) is 0.907. The summed E-state index contributed by atoms with van der Waals surface area (Å²) in [5, 5.41) is 11.6. The minimum atomic E-state index is -0.313. The maximum atomic E-state index is 12.0. The SMILES string of the molecule is CC(=O)N(CCN(C)C)CC(=O)Nc1ccccc1C#N. The van der Waals surface area contributed by atoms with Gasteiger partial charge < -0.3 is 15.1 Å². The van der Waals surface area contributed by atoms with Crippen LogP contribution in [0, 0.1) is 11.3 Å². The molecule has 112 valence electrons. The van der Waals surface area contributed by atoms with Crippen molar-refractivity contribution < 1.29 is 9.59 Å². The van der Waals surface area contributed by atoms with E-state index >= 15 is 0 Å². The van der Waals surface area contributed by atoms with Crippen LogP contribution < -0.4 is 5.32 Å². The van der Waals surface area contributed by atoms with E-state index in [0.717, 1.165) is 0 Å². The van der Waals surface area contributed by atoms with E-state index in [0.29, 0.717) is 24.3 Å². The van der Waals surface area contributed by atoms with Crippen LogP contribution in [0.5, 0.6) is 0 Å². The van der Waals surface area contributed by atoms with E-state index in [2.05, 4.69) is 5.32 Å². The van der Waals surface area contributed by atoms with Gasteiger partial charge in [0.1, 0.15) is 6.07 Å². The summed E-state index contributed by atoms with van der Waals surface area (Å²) in [4.78, 5) is 27.0. The maximum absolute atomic E-state index is 12.0. The number of carbonyl (C=O) groups excluding carboxylic acids is 2. The first-order valence-corrected chi connectivity index (χ1v) is 6.63. The number of para-hydroxylation sites is 1. The third-order valence-electron chi connectivity index (χ3n) is 2.92.